The summed E-state index contributed by atoms with van der Waals surface area (Å²) in [5.41, 5.74) is 1.65. The number of hydrogen-bond donors (Lipinski definition) is 0. The van der Waals surface area contributed by atoms with Gasteiger partial charge in [0.1, 0.15) is 17.7 Å². The maximum Gasteiger partial charge on any atom is 0.197 e. The molecule has 4 nitrogen and oxygen atoms in total. The summed E-state index contributed by atoms with van der Waals surface area (Å²) in [6, 6.07) is 10.6. The van der Waals surface area contributed by atoms with Crippen LogP contribution in [0.4, 0.5) is 0 Å². The number of hydrogen-bond acceptors (Lipinski definition) is 4. The maximum absolute atomic E-state index is 12.2. The lowest BCUT2D eigenvalue weighted by Gasteiger charge is -2.01. The fourth-order valence-corrected chi connectivity index (χ4v) is 1.99. The van der Waals surface area contributed by atoms with E-state index in [1.807, 2.05) is 12.1 Å². The predicted octanol–water partition coefficient (Wildman–Crippen LogP) is 2.60. The maximum atomic E-state index is 12.2. The molecule has 1 aliphatic rings. The topological polar surface area (TPSA) is 73.9 Å². The van der Waals surface area contributed by atoms with Crippen molar-refractivity contribution >= 4 is 11.4 Å². The molecule has 0 atom stereocenters. The highest BCUT2D eigenvalue weighted by Crippen LogP contribution is 2.38. The first-order chi connectivity index (χ1) is 9.24. The smallest absolute Gasteiger partial charge is 0.197 e. The van der Waals surface area contributed by atoms with Crippen molar-refractivity contribution in [1.82, 2.24) is 0 Å². The average Bonchev–Trinajstić information content (AvgIpc) is 2.72. The number of rotatable bonds is 2. The third kappa shape index (κ3) is 2.00. The average molecular weight is 250 g/mol. The van der Waals surface area contributed by atoms with Crippen LogP contribution in [0.2, 0.25) is 0 Å². The molecule has 4 heteroatoms. The Morgan fingerprint density at radius 2 is 1.89 bits per heavy atom. The number of ketones is 1. The summed E-state index contributed by atoms with van der Waals surface area (Å²) < 4.78 is 5.15. The number of carbonyl (C=O) groups is 1. The second-order valence-electron chi connectivity index (χ2n) is 3.84. The van der Waals surface area contributed by atoms with E-state index < -0.39 is 0 Å². The fourth-order valence-electron chi connectivity index (χ4n) is 1.99. The molecule has 0 radical (unpaired) electrons. The Morgan fingerprint density at radius 3 is 2.47 bits per heavy atom. The Morgan fingerprint density at radius 1 is 1.26 bits per heavy atom. The zero-order chi connectivity index (χ0) is 13.8. The summed E-state index contributed by atoms with van der Waals surface area (Å²) in [5.74, 6) is -0.220. The molecule has 19 heavy (non-hydrogen) atoms. The second kappa shape index (κ2) is 5.20. The third-order valence-electron chi connectivity index (χ3n) is 2.80. The molecule has 0 fully saturated rings. The van der Waals surface area contributed by atoms with Crippen LogP contribution < -0.4 is 0 Å². The number of benzene rings is 1. The Balaban J connectivity index is 2.74. The first-order valence-electron chi connectivity index (χ1n) is 5.75. The van der Waals surface area contributed by atoms with Crippen LogP contribution in [0.3, 0.4) is 0 Å². The number of allylic oxidation sites excluding steroid dienone is 3. The van der Waals surface area contributed by atoms with Crippen LogP contribution in [0.5, 0.6) is 0 Å². The highest BCUT2D eigenvalue weighted by molar-refractivity contribution is 6.27. The van der Waals surface area contributed by atoms with Crippen LogP contribution >= 0.6 is 0 Å². The van der Waals surface area contributed by atoms with Crippen molar-refractivity contribution in [2.45, 2.75) is 6.92 Å². The zero-order valence-electron chi connectivity index (χ0n) is 10.3. The van der Waals surface area contributed by atoms with Gasteiger partial charge in [0.25, 0.3) is 0 Å². The molecule has 0 N–H and O–H groups in total. The van der Waals surface area contributed by atoms with E-state index in [1.54, 1.807) is 31.2 Å². The number of Topliss-reactive ketones (excluding diaryl/α,β-unsaturated/α-hetero) is 1. The van der Waals surface area contributed by atoms with Gasteiger partial charge in [-0.1, -0.05) is 24.3 Å². The highest BCUT2D eigenvalue weighted by atomic mass is 16.5. The van der Waals surface area contributed by atoms with Gasteiger partial charge in [0.2, 0.25) is 0 Å². The largest absolute Gasteiger partial charge is 0.501 e. The molecule has 0 bridgehead atoms. The lowest BCUT2D eigenvalue weighted by molar-refractivity contribution is 0.103. The van der Waals surface area contributed by atoms with Crippen molar-refractivity contribution < 1.29 is 9.53 Å². The third-order valence-corrected chi connectivity index (χ3v) is 2.80. The molecule has 0 spiro atoms. The van der Waals surface area contributed by atoms with Gasteiger partial charge in [-0.3, -0.25) is 4.79 Å². The van der Waals surface area contributed by atoms with Gasteiger partial charge in [-0.05, 0) is 12.5 Å². The molecule has 2 rings (SSSR count). The van der Waals surface area contributed by atoms with Gasteiger partial charge in [0.15, 0.2) is 5.78 Å². The van der Waals surface area contributed by atoms with Crippen molar-refractivity contribution in [3.63, 3.8) is 0 Å². The predicted molar refractivity (Wildman–Crippen MR) is 68.6 cm³/mol. The van der Waals surface area contributed by atoms with Gasteiger partial charge in [-0.15, -0.1) is 0 Å². The standard InChI is InChI=1S/C15H10N2O2/c1-2-19-9-13-14(10(7-16)8-17)11-5-3-4-6-12(11)15(13)18/h3-6,9H,2H2,1H3/b13-9-. The lowest BCUT2D eigenvalue weighted by Crippen LogP contribution is -1.97. The molecule has 0 amide bonds. The van der Waals surface area contributed by atoms with Gasteiger partial charge in [0, 0.05) is 11.1 Å². The minimum atomic E-state index is -0.220. The molecule has 0 saturated heterocycles. The molecular formula is C15H10N2O2. The number of carbonyl (C=O) groups excluding carboxylic acids is 1. The first kappa shape index (κ1) is 12.6. The molecule has 1 aromatic rings. The molecule has 0 saturated carbocycles. The van der Waals surface area contributed by atoms with Crippen LogP contribution in [-0.2, 0) is 4.74 Å². The van der Waals surface area contributed by atoms with E-state index >= 15 is 0 Å². The SMILES string of the molecule is CCO/C=C1\C(=O)c2ccccc2C1=C(C#N)C#N. The van der Waals surface area contributed by atoms with Crippen molar-refractivity contribution in [3.05, 3.63) is 52.8 Å². The summed E-state index contributed by atoms with van der Waals surface area (Å²) in [5, 5.41) is 18.1. The minimum absolute atomic E-state index is 0.0794. The Labute approximate surface area is 110 Å². The number of nitrogens with zero attached hydrogens (tertiary/aromatic N) is 2. The van der Waals surface area contributed by atoms with Gasteiger partial charge in [-0.25, -0.2) is 0 Å². The van der Waals surface area contributed by atoms with E-state index in [1.165, 1.54) is 6.26 Å². The van der Waals surface area contributed by atoms with Crippen LogP contribution in [0, 0.1) is 22.7 Å². The summed E-state index contributed by atoms with van der Waals surface area (Å²) in [6.45, 7) is 2.21. The first-order valence-corrected chi connectivity index (χ1v) is 5.75. The van der Waals surface area contributed by atoms with Crippen molar-refractivity contribution in [2.75, 3.05) is 6.61 Å². The van der Waals surface area contributed by atoms with Crippen molar-refractivity contribution in [2.24, 2.45) is 0 Å². The van der Waals surface area contributed by atoms with Crippen molar-refractivity contribution in [3.8, 4) is 12.1 Å². The van der Waals surface area contributed by atoms with Gasteiger partial charge < -0.3 is 4.74 Å². The number of nitriles is 2. The molecule has 0 aromatic heterocycles. The molecule has 1 aliphatic carbocycles. The number of ether oxygens (including phenoxy) is 1. The van der Waals surface area contributed by atoms with E-state index in [2.05, 4.69) is 0 Å². The summed E-state index contributed by atoms with van der Waals surface area (Å²) in [4.78, 5) is 12.2. The monoisotopic (exact) mass is 250 g/mol. The Kier molecular flexibility index (Phi) is 3.45. The van der Waals surface area contributed by atoms with E-state index in [4.69, 9.17) is 15.3 Å². The van der Waals surface area contributed by atoms with Gasteiger partial charge >= 0.3 is 0 Å². The van der Waals surface area contributed by atoms with Crippen molar-refractivity contribution in [1.29, 1.82) is 10.5 Å². The summed E-state index contributed by atoms with van der Waals surface area (Å²) >= 11 is 0. The highest BCUT2D eigenvalue weighted by Gasteiger charge is 2.32. The van der Waals surface area contributed by atoms with E-state index in [-0.39, 0.29) is 16.9 Å². The lowest BCUT2D eigenvalue weighted by atomic mass is 10.0. The minimum Gasteiger partial charge on any atom is -0.501 e. The molecule has 1 aromatic carbocycles. The quantitative estimate of drug-likeness (QED) is 0.459. The normalized spacial score (nSPS) is 14.8. The summed E-state index contributed by atoms with van der Waals surface area (Å²) in [7, 11) is 0. The molecule has 0 heterocycles. The van der Waals surface area contributed by atoms with Gasteiger partial charge in [-0.2, -0.15) is 10.5 Å². The van der Waals surface area contributed by atoms with E-state index in [0.29, 0.717) is 23.3 Å². The van der Waals surface area contributed by atoms with Crippen LogP contribution in [0.1, 0.15) is 22.8 Å². The molecular weight excluding hydrogens is 240 g/mol. The van der Waals surface area contributed by atoms with E-state index in [0.717, 1.165) is 0 Å². The summed E-state index contributed by atoms with van der Waals surface area (Å²) in [6.07, 6.45) is 1.33. The Bertz CT molecular complexity index is 669. The molecule has 92 valence electrons. The van der Waals surface area contributed by atoms with Gasteiger partial charge in [0.05, 0.1) is 18.4 Å². The van der Waals surface area contributed by atoms with Crippen LogP contribution in [-0.4, -0.2) is 12.4 Å². The van der Waals surface area contributed by atoms with Crippen LogP contribution in [0.25, 0.3) is 5.57 Å². The number of fused-ring (bicyclic) bond motifs is 1. The molecule has 0 aliphatic heterocycles. The fraction of sp³-hybridized carbons (Fsp3) is 0.133. The second-order valence-corrected chi connectivity index (χ2v) is 3.84. The zero-order valence-corrected chi connectivity index (χ0v) is 10.3. The van der Waals surface area contributed by atoms with Crippen LogP contribution in [0.15, 0.2) is 41.7 Å². The van der Waals surface area contributed by atoms with E-state index in [9.17, 15) is 4.79 Å². The Hall–Kier alpha value is -2.85. The molecule has 0 unspecified atom stereocenters.